The molecule has 3 aromatic rings. The van der Waals surface area contributed by atoms with Crippen molar-refractivity contribution in [3.05, 3.63) is 88.9 Å². The normalized spacial score (nSPS) is 10.4. The molecule has 7 nitrogen and oxygen atoms in total. The van der Waals surface area contributed by atoms with Gasteiger partial charge in [0, 0.05) is 25.4 Å². The highest BCUT2D eigenvalue weighted by atomic mass is 19.1. The summed E-state index contributed by atoms with van der Waals surface area (Å²) in [5.74, 6) is -0.569. The van der Waals surface area contributed by atoms with Gasteiger partial charge in [-0.3, -0.25) is 4.79 Å². The number of anilines is 1. The molecule has 0 bridgehead atoms. The van der Waals surface area contributed by atoms with Crippen molar-refractivity contribution >= 4 is 17.7 Å². The number of pyridine rings is 1. The summed E-state index contributed by atoms with van der Waals surface area (Å²) >= 11 is 0. The first kappa shape index (κ1) is 23.7. The van der Waals surface area contributed by atoms with Crippen LogP contribution in [-0.4, -0.2) is 37.1 Å². The van der Waals surface area contributed by atoms with E-state index in [1.54, 1.807) is 20.2 Å². The van der Waals surface area contributed by atoms with E-state index < -0.39 is 11.8 Å². The molecular weight excluding hydrogens is 425 g/mol. The van der Waals surface area contributed by atoms with Crippen LogP contribution < -0.4 is 15.4 Å². The number of amides is 1. The number of carbonyl (C=O) groups is 2. The van der Waals surface area contributed by atoms with E-state index in [-0.39, 0.29) is 19.1 Å². The van der Waals surface area contributed by atoms with Gasteiger partial charge in [-0.05, 0) is 48.7 Å². The van der Waals surface area contributed by atoms with Gasteiger partial charge in [0.2, 0.25) is 0 Å². The smallest absolute Gasteiger partial charge is 0.344 e. The number of benzene rings is 2. The van der Waals surface area contributed by atoms with Crippen LogP contribution in [0.2, 0.25) is 0 Å². The second-order valence-electron chi connectivity index (χ2n) is 7.29. The minimum atomic E-state index is -0.614. The number of nitrogens with zero attached hydrogens (tertiary/aromatic N) is 1. The van der Waals surface area contributed by atoms with Gasteiger partial charge in [0.15, 0.2) is 6.61 Å². The minimum absolute atomic E-state index is 0.115. The number of aromatic nitrogens is 1. The second kappa shape index (κ2) is 11.6. The quantitative estimate of drug-likeness (QED) is 0.457. The van der Waals surface area contributed by atoms with Crippen molar-refractivity contribution in [3.8, 4) is 5.75 Å². The standard InChI is InChI=1S/C25H26FN3O4/c1-17-14-29-24(27-2)23(25(31)28-13-12-18-6-4-3-5-7-18)21(17)15-33-22(30)16-32-20-10-8-19(26)9-11-20/h3-11,14H,12-13,15-16H2,1-2H3,(H,27,29)(H,28,31). The van der Waals surface area contributed by atoms with E-state index in [0.29, 0.717) is 35.7 Å². The van der Waals surface area contributed by atoms with Gasteiger partial charge < -0.3 is 20.1 Å². The molecule has 33 heavy (non-hydrogen) atoms. The first-order chi connectivity index (χ1) is 16.0. The highest BCUT2D eigenvalue weighted by molar-refractivity contribution is 6.00. The summed E-state index contributed by atoms with van der Waals surface area (Å²) in [7, 11) is 1.67. The lowest BCUT2D eigenvalue weighted by molar-refractivity contribution is -0.147. The Morgan fingerprint density at radius 1 is 1.06 bits per heavy atom. The molecule has 0 unspecified atom stereocenters. The van der Waals surface area contributed by atoms with E-state index in [0.717, 1.165) is 11.1 Å². The Morgan fingerprint density at radius 3 is 2.48 bits per heavy atom. The third-order valence-electron chi connectivity index (χ3n) is 4.96. The molecule has 0 atom stereocenters. The van der Waals surface area contributed by atoms with Crippen molar-refractivity contribution in [1.82, 2.24) is 10.3 Å². The Labute approximate surface area is 192 Å². The molecule has 0 saturated heterocycles. The molecule has 0 aliphatic rings. The zero-order valence-corrected chi connectivity index (χ0v) is 18.6. The number of esters is 1. The topological polar surface area (TPSA) is 89.6 Å². The summed E-state index contributed by atoms with van der Waals surface area (Å²) in [4.78, 5) is 29.5. The first-order valence-corrected chi connectivity index (χ1v) is 10.5. The number of ether oxygens (including phenoxy) is 2. The Morgan fingerprint density at radius 2 is 1.79 bits per heavy atom. The maximum absolute atomic E-state index is 13.0. The van der Waals surface area contributed by atoms with Crippen molar-refractivity contribution < 1.29 is 23.5 Å². The van der Waals surface area contributed by atoms with Crippen LogP contribution in [0, 0.1) is 12.7 Å². The number of rotatable bonds is 10. The fourth-order valence-electron chi connectivity index (χ4n) is 3.18. The largest absolute Gasteiger partial charge is 0.482 e. The molecule has 1 amide bonds. The highest BCUT2D eigenvalue weighted by Crippen LogP contribution is 2.22. The number of nitrogens with one attached hydrogen (secondary N) is 2. The van der Waals surface area contributed by atoms with Crippen LogP contribution >= 0.6 is 0 Å². The maximum Gasteiger partial charge on any atom is 0.344 e. The van der Waals surface area contributed by atoms with Crippen LogP contribution in [0.3, 0.4) is 0 Å². The van der Waals surface area contributed by atoms with Crippen LogP contribution in [0.1, 0.15) is 27.0 Å². The molecule has 2 aromatic carbocycles. The minimum Gasteiger partial charge on any atom is -0.482 e. The Bertz CT molecular complexity index is 1090. The van der Waals surface area contributed by atoms with Crippen LogP contribution in [0.4, 0.5) is 10.2 Å². The highest BCUT2D eigenvalue weighted by Gasteiger charge is 2.20. The summed E-state index contributed by atoms with van der Waals surface area (Å²) < 4.78 is 23.6. The average molecular weight is 451 g/mol. The van der Waals surface area contributed by atoms with Crippen LogP contribution in [0.25, 0.3) is 0 Å². The van der Waals surface area contributed by atoms with Gasteiger partial charge in [0.1, 0.15) is 24.0 Å². The molecule has 1 heterocycles. The Hall–Kier alpha value is -3.94. The Balaban J connectivity index is 1.63. The number of carbonyl (C=O) groups excluding carboxylic acids is 2. The number of hydrogen-bond donors (Lipinski definition) is 2. The van der Waals surface area contributed by atoms with Gasteiger partial charge in [0.05, 0.1) is 5.56 Å². The van der Waals surface area contributed by atoms with Gasteiger partial charge >= 0.3 is 5.97 Å². The summed E-state index contributed by atoms with van der Waals surface area (Å²) in [6, 6.07) is 15.2. The number of aryl methyl sites for hydroxylation is 1. The molecule has 8 heteroatoms. The van der Waals surface area contributed by atoms with Crippen molar-refractivity contribution in [2.75, 3.05) is 25.5 Å². The van der Waals surface area contributed by atoms with Gasteiger partial charge in [-0.25, -0.2) is 14.2 Å². The third kappa shape index (κ3) is 6.77. The molecule has 3 rings (SSSR count). The molecule has 172 valence electrons. The van der Waals surface area contributed by atoms with Crippen LogP contribution in [0.5, 0.6) is 5.75 Å². The van der Waals surface area contributed by atoms with Gasteiger partial charge in [-0.2, -0.15) is 0 Å². The summed E-state index contributed by atoms with van der Waals surface area (Å²) in [6.45, 7) is 1.79. The molecule has 2 N–H and O–H groups in total. The molecule has 0 aliphatic carbocycles. The van der Waals surface area contributed by atoms with Crippen molar-refractivity contribution in [2.45, 2.75) is 20.0 Å². The predicted octanol–water partition coefficient (Wildman–Crippen LogP) is 3.67. The zero-order valence-electron chi connectivity index (χ0n) is 18.6. The van der Waals surface area contributed by atoms with Crippen molar-refractivity contribution in [2.24, 2.45) is 0 Å². The second-order valence-corrected chi connectivity index (χ2v) is 7.29. The number of halogens is 1. The lowest BCUT2D eigenvalue weighted by Crippen LogP contribution is -2.28. The Kier molecular flexibility index (Phi) is 8.35. The third-order valence-corrected chi connectivity index (χ3v) is 4.96. The first-order valence-electron chi connectivity index (χ1n) is 10.5. The molecular formula is C25H26FN3O4. The van der Waals surface area contributed by atoms with Crippen molar-refractivity contribution in [1.29, 1.82) is 0 Å². The van der Waals surface area contributed by atoms with Crippen LogP contribution in [0.15, 0.2) is 60.8 Å². The molecule has 0 saturated carbocycles. The summed E-state index contributed by atoms with van der Waals surface area (Å²) in [5, 5.41) is 5.84. The predicted molar refractivity (Wildman–Crippen MR) is 123 cm³/mol. The molecule has 0 radical (unpaired) electrons. The number of hydrogen-bond acceptors (Lipinski definition) is 6. The fraction of sp³-hybridized carbons (Fsp3) is 0.240. The van der Waals surface area contributed by atoms with E-state index in [2.05, 4.69) is 15.6 Å². The monoisotopic (exact) mass is 451 g/mol. The lowest BCUT2D eigenvalue weighted by atomic mass is 10.0. The fourth-order valence-corrected chi connectivity index (χ4v) is 3.18. The lowest BCUT2D eigenvalue weighted by Gasteiger charge is -2.16. The van der Waals surface area contributed by atoms with Gasteiger partial charge in [-0.1, -0.05) is 30.3 Å². The van der Waals surface area contributed by atoms with E-state index in [4.69, 9.17) is 9.47 Å². The van der Waals surface area contributed by atoms with Gasteiger partial charge in [0.25, 0.3) is 5.91 Å². The molecule has 0 fully saturated rings. The van der Waals surface area contributed by atoms with Crippen molar-refractivity contribution in [3.63, 3.8) is 0 Å². The summed E-state index contributed by atoms with van der Waals surface area (Å²) in [6.07, 6.45) is 2.30. The van der Waals surface area contributed by atoms with E-state index in [1.165, 1.54) is 24.3 Å². The van der Waals surface area contributed by atoms with E-state index >= 15 is 0 Å². The average Bonchev–Trinajstić information content (AvgIpc) is 2.83. The molecule has 1 aromatic heterocycles. The SMILES string of the molecule is CNc1ncc(C)c(COC(=O)COc2ccc(F)cc2)c1C(=O)NCCc1ccccc1. The zero-order chi connectivity index (χ0) is 23.6. The molecule has 0 aliphatic heterocycles. The van der Waals surface area contributed by atoms with Gasteiger partial charge in [-0.15, -0.1) is 0 Å². The maximum atomic E-state index is 13.0. The van der Waals surface area contributed by atoms with Crippen LogP contribution in [-0.2, 0) is 22.6 Å². The van der Waals surface area contributed by atoms with E-state index in [1.807, 2.05) is 30.3 Å². The summed E-state index contributed by atoms with van der Waals surface area (Å²) in [5.41, 5.74) is 2.72. The molecule has 0 spiro atoms. The van der Waals surface area contributed by atoms with E-state index in [9.17, 15) is 14.0 Å².